The molecule has 0 amide bonds. The fourth-order valence-electron chi connectivity index (χ4n) is 1.28. The lowest BCUT2D eigenvalue weighted by atomic mass is 10.1. The van der Waals surface area contributed by atoms with Gasteiger partial charge in [-0.1, -0.05) is 20.8 Å². The first-order chi connectivity index (χ1) is 5.72. The standard InChI is InChI=1S/C11H17N/c1-4-10-5-6-12-11(8-10)7-9(2)3/h5-6,8-9H,4,7H2,1-3H3. The van der Waals surface area contributed by atoms with Crippen molar-refractivity contribution in [2.24, 2.45) is 5.92 Å². The van der Waals surface area contributed by atoms with Crippen LogP contribution in [-0.4, -0.2) is 4.98 Å². The third-order valence-electron chi connectivity index (χ3n) is 1.91. The van der Waals surface area contributed by atoms with Crippen molar-refractivity contribution in [1.29, 1.82) is 0 Å². The van der Waals surface area contributed by atoms with Crippen LogP contribution in [0.2, 0.25) is 0 Å². The Kier molecular flexibility index (Phi) is 3.27. The fourth-order valence-corrected chi connectivity index (χ4v) is 1.28. The molecule has 1 heteroatoms. The minimum atomic E-state index is 0.699. The van der Waals surface area contributed by atoms with Crippen LogP contribution in [0.15, 0.2) is 18.3 Å². The molecule has 1 heterocycles. The highest BCUT2D eigenvalue weighted by Gasteiger charge is 1.98. The molecule has 0 radical (unpaired) electrons. The van der Waals surface area contributed by atoms with Crippen molar-refractivity contribution in [3.63, 3.8) is 0 Å². The molecule has 0 saturated heterocycles. The minimum Gasteiger partial charge on any atom is -0.261 e. The van der Waals surface area contributed by atoms with E-state index in [1.54, 1.807) is 0 Å². The van der Waals surface area contributed by atoms with E-state index < -0.39 is 0 Å². The smallest absolute Gasteiger partial charge is 0.0408 e. The number of nitrogens with zero attached hydrogens (tertiary/aromatic N) is 1. The lowest BCUT2D eigenvalue weighted by Gasteiger charge is -2.04. The summed E-state index contributed by atoms with van der Waals surface area (Å²) in [5, 5.41) is 0. The molecule has 66 valence electrons. The maximum absolute atomic E-state index is 4.33. The number of hydrogen-bond donors (Lipinski definition) is 0. The van der Waals surface area contributed by atoms with Crippen LogP contribution in [0.3, 0.4) is 0 Å². The van der Waals surface area contributed by atoms with Gasteiger partial charge in [0.05, 0.1) is 0 Å². The molecule has 0 atom stereocenters. The summed E-state index contributed by atoms with van der Waals surface area (Å²) in [6.45, 7) is 6.62. The van der Waals surface area contributed by atoms with Crippen molar-refractivity contribution in [3.05, 3.63) is 29.6 Å². The van der Waals surface area contributed by atoms with Gasteiger partial charge >= 0.3 is 0 Å². The second-order valence-electron chi connectivity index (χ2n) is 3.61. The molecule has 12 heavy (non-hydrogen) atoms. The SMILES string of the molecule is CCc1ccnc(CC(C)C)c1. The maximum Gasteiger partial charge on any atom is 0.0408 e. The second kappa shape index (κ2) is 4.24. The summed E-state index contributed by atoms with van der Waals surface area (Å²) in [7, 11) is 0. The summed E-state index contributed by atoms with van der Waals surface area (Å²) in [5.74, 6) is 0.699. The number of pyridine rings is 1. The zero-order chi connectivity index (χ0) is 8.97. The summed E-state index contributed by atoms with van der Waals surface area (Å²) in [6, 6.07) is 4.30. The van der Waals surface area contributed by atoms with E-state index in [4.69, 9.17) is 0 Å². The van der Waals surface area contributed by atoms with E-state index in [9.17, 15) is 0 Å². The predicted molar refractivity (Wildman–Crippen MR) is 52.2 cm³/mol. The topological polar surface area (TPSA) is 12.9 Å². The van der Waals surface area contributed by atoms with E-state index in [1.807, 2.05) is 6.20 Å². The normalized spacial score (nSPS) is 10.7. The van der Waals surface area contributed by atoms with Crippen molar-refractivity contribution in [2.75, 3.05) is 0 Å². The van der Waals surface area contributed by atoms with Crippen molar-refractivity contribution in [3.8, 4) is 0 Å². The van der Waals surface area contributed by atoms with E-state index >= 15 is 0 Å². The average molecular weight is 163 g/mol. The zero-order valence-corrected chi connectivity index (χ0v) is 8.17. The van der Waals surface area contributed by atoms with Crippen LogP contribution in [0.1, 0.15) is 32.0 Å². The number of rotatable bonds is 3. The molecular weight excluding hydrogens is 146 g/mol. The van der Waals surface area contributed by atoms with E-state index in [0.29, 0.717) is 5.92 Å². The van der Waals surface area contributed by atoms with Crippen LogP contribution in [0.4, 0.5) is 0 Å². The van der Waals surface area contributed by atoms with Crippen molar-refractivity contribution < 1.29 is 0 Å². The molecule has 1 rings (SSSR count). The van der Waals surface area contributed by atoms with E-state index in [2.05, 4.69) is 37.9 Å². The highest BCUT2D eigenvalue weighted by molar-refractivity contribution is 5.16. The molecule has 0 saturated carbocycles. The zero-order valence-electron chi connectivity index (χ0n) is 8.17. The summed E-state index contributed by atoms with van der Waals surface area (Å²) in [6.07, 6.45) is 4.11. The van der Waals surface area contributed by atoms with E-state index in [-0.39, 0.29) is 0 Å². The van der Waals surface area contributed by atoms with Crippen LogP contribution in [0.25, 0.3) is 0 Å². The molecule has 0 bridgehead atoms. The quantitative estimate of drug-likeness (QED) is 0.667. The molecule has 0 aromatic carbocycles. The van der Waals surface area contributed by atoms with Crippen LogP contribution in [0.5, 0.6) is 0 Å². The van der Waals surface area contributed by atoms with Gasteiger partial charge in [0.2, 0.25) is 0 Å². The van der Waals surface area contributed by atoms with Gasteiger partial charge in [0.1, 0.15) is 0 Å². The van der Waals surface area contributed by atoms with Gasteiger partial charge in [0, 0.05) is 11.9 Å². The highest BCUT2D eigenvalue weighted by Crippen LogP contribution is 2.07. The van der Waals surface area contributed by atoms with E-state index in [1.165, 1.54) is 11.3 Å². The van der Waals surface area contributed by atoms with Crippen LogP contribution >= 0.6 is 0 Å². The number of hydrogen-bond acceptors (Lipinski definition) is 1. The Hall–Kier alpha value is -0.850. The van der Waals surface area contributed by atoms with Gasteiger partial charge in [-0.2, -0.15) is 0 Å². The first-order valence-electron chi connectivity index (χ1n) is 4.66. The molecular formula is C11H17N. The fraction of sp³-hybridized carbons (Fsp3) is 0.545. The Bertz CT molecular complexity index is 241. The molecule has 1 nitrogen and oxygen atoms in total. The Morgan fingerprint density at radius 1 is 1.42 bits per heavy atom. The summed E-state index contributed by atoms with van der Waals surface area (Å²) < 4.78 is 0. The largest absolute Gasteiger partial charge is 0.261 e. The number of aryl methyl sites for hydroxylation is 1. The number of aromatic nitrogens is 1. The Morgan fingerprint density at radius 2 is 2.17 bits per heavy atom. The molecule has 0 fully saturated rings. The highest BCUT2D eigenvalue weighted by atomic mass is 14.7. The summed E-state index contributed by atoms with van der Waals surface area (Å²) in [5.41, 5.74) is 2.62. The van der Waals surface area contributed by atoms with Crippen LogP contribution in [-0.2, 0) is 12.8 Å². The molecule has 1 aromatic rings. The van der Waals surface area contributed by atoms with Crippen LogP contribution in [0, 0.1) is 5.92 Å². The Morgan fingerprint density at radius 3 is 2.75 bits per heavy atom. The summed E-state index contributed by atoms with van der Waals surface area (Å²) >= 11 is 0. The second-order valence-corrected chi connectivity index (χ2v) is 3.61. The van der Waals surface area contributed by atoms with Crippen LogP contribution < -0.4 is 0 Å². The maximum atomic E-state index is 4.33. The third-order valence-corrected chi connectivity index (χ3v) is 1.91. The average Bonchev–Trinajstić information content (AvgIpc) is 2.03. The van der Waals surface area contributed by atoms with Gasteiger partial charge in [0.25, 0.3) is 0 Å². The molecule has 0 aliphatic rings. The Balaban J connectivity index is 2.72. The summed E-state index contributed by atoms with van der Waals surface area (Å²) in [4.78, 5) is 4.33. The lowest BCUT2D eigenvalue weighted by Crippen LogP contribution is -1.97. The molecule has 1 aromatic heterocycles. The minimum absolute atomic E-state index is 0.699. The van der Waals surface area contributed by atoms with Gasteiger partial charge < -0.3 is 0 Å². The third kappa shape index (κ3) is 2.65. The lowest BCUT2D eigenvalue weighted by molar-refractivity contribution is 0.634. The van der Waals surface area contributed by atoms with Crippen molar-refractivity contribution >= 4 is 0 Å². The van der Waals surface area contributed by atoms with Crippen molar-refractivity contribution in [2.45, 2.75) is 33.6 Å². The molecule has 0 N–H and O–H groups in total. The van der Waals surface area contributed by atoms with Gasteiger partial charge in [-0.05, 0) is 36.5 Å². The van der Waals surface area contributed by atoms with Gasteiger partial charge in [-0.25, -0.2) is 0 Å². The predicted octanol–water partition coefficient (Wildman–Crippen LogP) is 2.84. The Labute approximate surface area is 74.8 Å². The van der Waals surface area contributed by atoms with Crippen molar-refractivity contribution in [1.82, 2.24) is 4.98 Å². The molecule has 0 spiro atoms. The molecule has 0 aliphatic heterocycles. The van der Waals surface area contributed by atoms with Gasteiger partial charge in [0.15, 0.2) is 0 Å². The van der Waals surface area contributed by atoms with Gasteiger partial charge in [-0.15, -0.1) is 0 Å². The molecule has 0 unspecified atom stereocenters. The van der Waals surface area contributed by atoms with Gasteiger partial charge in [-0.3, -0.25) is 4.98 Å². The monoisotopic (exact) mass is 163 g/mol. The first-order valence-corrected chi connectivity index (χ1v) is 4.66. The first kappa shape index (κ1) is 9.24. The molecule has 0 aliphatic carbocycles. The van der Waals surface area contributed by atoms with E-state index in [0.717, 1.165) is 12.8 Å².